The number of thiazole rings is 1. The van der Waals surface area contributed by atoms with Crippen LogP contribution in [-0.2, 0) is 20.0 Å². The van der Waals surface area contributed by atoms with Crippen molar-refractivity contribution in [2.75, 3.05) is 13.1 Å². The summed E-state index contributed by atoms with van der Waals surface area (Å²) < 4.78 is 1.99. The quantitative estimate of drug-likeness (QED) is 0.705. The van der Waals surface area contributed by atoms with Crippen molar-refractivity contribution >= 4 is 11.3 Å². The first kappa shape index (κ1) is 16.4. The molecule has 0 bridgehead atoms. The number of aromatic nitrogens is 5. The van der Waals surface area contributed by atoms with Gasteiger partial charge in [0.05, 0.1) is 11.2 Å². The lowest BCUT2D eigenvalue weighted by atomic mass is 10.0. The summed E-state index contributed by atoms with van der Waals surface area (Å²) in [6.45, 7) is 5.40. The molecule has 1 aliphatic heterocycles. The van der Waals surface area contributed by atoms with Gasteiger partial charge in [0.15, 0.2) is 5.82 Å². The van der Waals surface area contributed by atoms with E-state index in [-0.39, 0.29) is 0 Å². The fraction of sp³-hybridized carbons (Fsp3) is 0.444. The Morgan fingerprint density at radius 1 is 1.24 bits per heavy atom. The van der Waals surface area contributed by atoms with Gasteiger partial charge in [0.2, 0.25) is 0 Å². The summed E-state index contributed by atoms with van der Waals surface area (Å²) in [4.78, 5) is 21.5. The van der Waals surface area contributed by atoms with Gasteiger partial charge < -0.3 is 4.57 Å². The van der Waals surface area contributed by atoms with Crippen LogP contribution in [0, 0.1) is 12.8 Å². The third-order valence-corrected chi connectivity index (χ3v) is 5.77. The summed E-state index contributed by atoms with van der Waals surface area (Å²) in [5, 5.41) is 0. The molecule has 0 amide bonds. The molecule has 3 aromatic heterocycles. The third-order valence-electron chi connectivity index (χ3n) is 4.85. The number of rotatable bonds is 5. The van der Waals surface area contributed by atoms with Crippen LogP contribution in [0.4, 0.5) is 0 Å². The van der Waals surface area contributed by atoms with Gasteiger partial charge in [0.1, 0.15) is 12.0 Å². The lowest BCUT2D eigenvalue weighted by Gasteiger charge is -2.15. The zero-order valence-corrected chi connectivity index (χ0v) is 15.4. The normalized spacial score (nSPS) is 18.1. The molecule has 7 heteroatoms. The van der Waals surface area contributed by atoms with Gasteiger partial charge >= 0.3 is 0 Å². The highest BCUT2D eigenvalue weighted by atomic mass is 32.1. The minimum Gasteiger partial charge on any atom is -0.333 e. The Balaban J connectivity index is 1.40. The maximum absolute atomic E-state index is 4.48. The molecular formula is C18H22N6S. The Kier molecular flexibility index (Phi) is 4.59. The SMILES string of the molecule is Cc1ncsc1CN1CC[C@H](Cc2cc(-c3nccn3C)ncn2)C1. The van der Waals surface area contributed by atoms with E-state index in [1.54, 1.807) is 23.9 Å². The Bertz CT molecular complexity index is 855. The third kappa shape index (κ3) is 3.62. The van der Waals surface area contributed by atoms with Gasteiger partial charge in [-0.25, -0.2) is 19.9 Å². The van der Waals surface area contributed by atoms with Crippen molar-refractivity contribution in [2.24, 2.45) is 13.0 Å². The average molecular weight is 354 g/mol. The maximum atomic E-state index is 4.48. The van der Waals surface area contributed by atoms with E-state index < -0.39 is 0 Å². The Hall–Kier alpha value is -2.12. The lowest BCUT2D eigenvalue weighted by molar-refractivity contribution is 0.318. The number of aryl methyl sites for hydroxylation is 2. The van der Waals surface area contributed by atoms with Crippen LogP contribution < -0.4 is 0 Å². The van der Waals surface area contributed by atoms with Crippen molar-refractivity contribution in [1.82, 2.24) is 29.4 Å². The van der Waals surface area contributed by atoms with Gasteiger partial charge in [-0.15, -0.1) is 11.3 Å². The van der Waals surface area contributed by atoms with E-state index in [0.717, 1.165) is 43.3 Å². The van der Waals surface area contributed by atoms with Crippen molar-refractivity contribution in [3.05, 3.63) is 46.6 Å². The lowest BCUT2D eigenvalue weighted by Crippen LogP contribution is -2.20. The van der Waals surface area contributed by atoms with Crippen molar-refractivity contribution in [3.8, 4) is 11.5 Å². The minimum atomic E-state index is 0.650. The Morgan fingerprint density at radius 2 is 2.16 bits per heavy atom. The number of likely N-dealkylation sites (tertiary alicyclic amines) is 1. The van der Waals surface area contributed by atoms with Gasteiger partial charge in [-0.1, -0.05) is 0 Å². The molecule has 1 saturated heterocycles. The molecule has 0 spiro atoms. The van der Waals surface area contributed by atoms with Crippen LogP contribution in [0.5, 0.6) is 0 Å². The van der Waals surface area contributed by atoms with Crippen LogP contribution >= 0.6 is 11.3 Å². The molecule has 0 aromatic carbocycles. The number of imidazole rings is 1. The molecule has 6 nitrogen and oxygen atoms in total. The molecule has 0 unspecified atom stereocenters. The van der Waals surface area contributed by atoms with E-state index in [1.165, 1.54) is 17.0 Å². The summed E-state index contributed by atoms with van der Waals surface area (Å²) in [6.07, 6.45) is 7.62. The Labute approximate surface area is 151 Å². The first-order valence-electron chi connectivity index (χ1n) is 8.59. The van der Waals surface area contributed by atoms with Crippen LogP contribution in [0.15, 0.2) is 30.3 Å². The molecule has 1 aliphatic rings. The minimum absolute atomic E-state index is 0.650. The second-order valence-electron chi connectivity index (χ2n) is 6.71. The summed E-state index contributed by atoms with van der Waals surface area (Å²) in [7, 11) is 1.99. The number of hydrogen-bond donors (Lipinski definition) is 0. The predicted molar refractivity (Wildman–Crippen MR) is 98.2 cm³/mol. The van der Waals surface area contributed by atoms with E-state index in [2.05, 4.69) is 37.8 Å². The Morgan fingerprint density at radius 3 is 2.92 bits per heavy atom. The molecule has 25 heavy (non-hydrogen) atoms. The number of nitrogens with zero attached hydrogens (tertiary/aromatic N) is 6. The summed E-state index contributed by atoms with van der Waals surface area (Å²) in [6, 6.07) is 2.08. The summed E-state index contributed by atoms with van der Waals surface area (Å²) in [5.41, 5.74) is 5.11. The van der Waals surface area contributed by atoms with E-state index in [4.69, 9.17) is 0 Å². The van der Waals surface area contributed by atoms with Crippen LogP contribution in [0.3, 0.4) is 0 Å². The fourth-order valence-corrected chi connectivity index (χ4v) is 4.26. The highest BCUT2D eigenvalue weighted by molar-refractivity contribution is 7.09. The highest BCUT2D eigenvalue weighted by Crippen LogP contribution is 2.24. The van der Waals surface area contributed by atoms with Crippen molar-refractivity contribution in [1.29, 1.82) is 0 Å². The van der Waals surface area contributed by atoms with Crippen molar-refractivity contribution in [2.45, 2.75) is 26.3 Å². The molecule has 3 aromatic rings. The van der Waals surface area contributed by atoms with Crippen LogP contribution in [0.25, 0.3) is 11.5 Å². The predicted octanol–water partition coefficient (Wildman–Crippen LogP) is 2.71. The molecule has 4 heterocycles. The molecule has 0 radical (unpaired) electrons. The second kappa shape index (κ2) is 7.01. The molecule has 0 saturated carbocycles. The first-order chi connectivity index (χ1) is 12.2. The van der Waals surface area contributed by atoms with Crippen molar-refractivity contribution in [3.63, 3.8) is 0 Å². The first-order valence-corrected chi connectivity index (χ1v) is 9.47. The molecule has 4 rings (SSSR count). The van der Waals surface area contributed by atoms with E-state index in [0.29, 0.717) is 5.92 Å². The van der Waals surface area contributed by atoms with Gasteiger partial charge in [0.25, 0.3) is 0 Å². The molecular weight excluding hydrogens is 332 g/mol. The van der Waals surface area contributed by atoms with Crippen LogP contribution in [-0.4, -0.2) is 42.5 Å². The molecule has 0 aliphatic carbocycles. The summed E-state index contributed by atoms with van der Waals surface area (Å²) in [5.74, 6) is 1.54. The molecule has 130 valence electrons. The molecule has 1 fully saturated rings. The monoisotopic (exact) mass is 354 g/mol. The average Bonchev–Trinajstić information content (AvgIpc) is 3.32. The highest BCUT2D eigenvalue weighted by Gasteiger charge is 2.24. The van der Waals surface area contributed by atoms with Gasteiger partial charge in [-0.05, 0) is 38.3 Å². The number of hydrogen-bond acceptors (Lipinski definition) is 6. The maximum Gasteiger partial charge on any atom is 0.158 e. The van der Waals surface area contributed by atoms with Gasteiger partial charge in [0, 0.05) is 43.1 Å². The second-order valence-corrected chi connectivity index (χ2v) is 7.65. The largest absolute Gasteiger partial charge is 0.333 e. The van der Waals surface area contributed by atoms with Gasteiger partial charge in [-0.3, -0.25) is 4.90 Å². The zero-order valence-electron chi connectivity index (χ0n) is 14.6. The molecule has 1 atom stereocenters. The van der Waals surface area contributed by atoms with Crippen LogP contribution in [0.1, 0.15) is 22.7 Å². The van der Waals surface area contributed by atoms with Gasteiger partial charge in [-0.2, -0.15) is 0 Å². The topological polar surface area (TPSA) is 59.7 Å². The summed E-state index contributed by atoms with van der Waals surface area (Å²) >= 11 is 1.76. The van der Waals surface area contributed by atoms with E-state index in [1.807, 2.05) is 23.3 Å². The van der Waals surface area contributed by atoms with E-state index in [9.17, 15) is 0 Å². The van der Waals surface area contributed by atoms with E-state index >= 15 is 0 Å². The smallest absolute Gasteiger partial charge is 0.158 e. The zero-order chi connectivity index (χ0) is 17.2. The van der Waals surface area contributed by atoms with Crippen molar-refractivity contribution < 1.29 is 0 Å². The molecule has 0 N–H and O–H groups in total. The fourth-order valence-electron chi connectivity index (χ4n) is 3.44. The standard InChI is InChI=1S/C18H22N6S/c1-13-17(25-12-22-13)10-24-5-3-14(9-24)7-15-8-16(21-11-20-15)18-19-4-6-23(18)2/h4,6,8,11-12,14H,3,5,7,9-10H2,1-2H3/t14-/m1/s1. The van der Waals surface area contributed by atoms with Crippen LogP contribution in [0.2, 0.25) is 0 Å².